The largest absolute Gasteiger partial charge is 0.478 e. The third-order valence-electron chi connectivity index (χ3n) is 6.42. The molecular formula is C30H21F4N3O3. The molecule has 0 unspecified atom stereocenters. The molecule has 0 radical (unpaired) electrons. The van der Waals surface area contributed by atoms with Gasteiger partial charge in [0.05, 0.1) is 28.4 Å². The lowest BCUT2D eigenvalue weighted by Gasteiger charge is -2.12. The second-order valence-electron chi connectivity index (χ2n) is 9.17. The van der Waals surface area contributed by atoms with E-state index < -0.39 is 29.4 Å². The molecule has 2 heterocycles. The molecule has 0 saturated heterocycles. The molecule has 202 valence electrons. The zero-order valence-corrected chi connectivity index (χ0v) is 20.7. The number of alkyl halides is 3. The van der Waals surface area contributed by atoms with Crippen molar-refractivity contribution in [2.24, 2.45) is 0 Å². The molecule has 40 heavy (non-hydrogen) atoms. The van der Waals surface area contributed by atoms with E-state index in [1.165, 1.54) is 40.9 Å². The Morgan fingerprint density at radius 1 is 0.900 bits per heavy atom. The van der Waals surface area contributed by atoms with Gasteiger partial charge >= 0.3 is 12.1 Å². The first-order chi connectivity index (χ1) is 19.1. The van der Waals surface area contributed by atoms with E-state index in [4.69, 9.17) is 5.11 Å². The van der Waals surface area contributed by atoms with Gasteiger partial charge in [-0.2, -0.15) is 18.3 Å². The molecule has 0 atom stereocenters. The van der Waals surface area contributed by atoms with Crippen LogP contribution in [0.4, 0.5) is 17.6 Å². The van der Waals surface area contributed by atoms with Gasteiger partial charge in [-0.1, -0.05) is 36.4 Å². The van der Waals surface area contributed by atoms with Crippen molar-refractivity contribution < 1.29 is 32.3 Å². The Labute approximate surface area is 225 Å². The quantitative estimate of drug-likeness (QED) is 0.232. The van der Waals surface area contributed by atoms with Gasteiger partial charge in [0.1, 0.15) is 5.82 Å². The number of nitrogens with one attached hydrogen (secondary N) is 1. The van der Waals surface area contributed by atoms with E-state index >= 15 is 0 Å². The van der Waals surface area contributed by atoms with Crippen LogP contribution in [0.15, 0.2) is 91.3 Å². The number of carbonyl (C=O) groups excluding carboxylic acids is 1. The minimum Gasteiger partial charge on any atom is -0.478 e. The number of nitrogens with zero attached hydrogens (tertiary/aromatic N) is 2. The maximum Gasteiger partial charge on any atom is 0.416 e. The molecule has 0 bridgehead atoms. The molecule has 5 aromatic rings. The average Bonchev–Trinajstić information content (AvgIpc) is 3.33. The summed E-state index contributed by atoms with van der Waals surface area (Å²) >= 11 is 0. The highest BCUT2D eigenvalue weighted by Gasteiger charge is 2.30. The molecule has 0 aliphatic carbocycles. The van der Waals surface area contributed by atoms with E-state index in [2.05, 4.69) is 10.4 Å². The van der Waals surface area contributed by atoms with Crippen LogP contribution in [0.1, 0.15) is 43.0 Å². The normalized spacial score (nSPS) is 11.5. The SMILES string of the molecule is O=C(O)c1ccc(CNC(=O)c2cc(-c3cccc(F)c3)cn3ncc(Cc4ccc(C(F)(F)F)cc4)c23)cc1. The van der Waals surface area contributed by atoms with Crippen molar-refractivity contribution in [2.75, 3.05) is 0 Å². The lowest BCUT2D eigenvalue weighted by molar-refractivity contribution is -0.137. The van der Waals surface area contributed by atoms with E-state index in [1.807, 2.05) is 0 Å². The number of hydrogen-bond donors (Lipinski definition) is 2. The summed E-state index contributed by atoms with van der Waals surface area (Å²) in [6.45, 7) is 0.109. The average molecular weight is 548 g/mol. The summed E-state index contributed by atoms with van der Waals surface area (Å²) < 4.78 is 54.4. The first-order valence-corrected chi connectivity index (χ1v) is 12.1. The molecular weight excluding hydrogens is 526 g/mol. The number of pyridine rings is 1. The van der Waals surface area contributed by atoms with Gasteiger partial charge in [-0.25, -0.2) is 13.7 Å². The van der Waals surface area contributed by atoms with Crippen LogP contribution in [0.3, 0.4) is 0 Å². The van der Waals surface area contributed by atoms with Gasteiger partial charge in [-0.15, -0.1) is 0 Å². The number of halogens is 4. The monoisotopic (exact) mass is 547 g/mol. The first kappa shape index (κ1) is 26.6. The molecule has 0 aliphatic rings. The smallest absolute Gasteiger partial charge is 0.416 e. The Hall–Kier alpha value is -4.99. The molecule has 3 aromatic carbocycles. The third-order valence-corrected chi connectivity index (χ3v) is 6.42. The summed E-state index contributed by atoms with van der Waals surface area (Å²) in [4.78, 5) is 24.6. The molecule has 10 heteroatoms. The summed E-state index contributed by atoms with van der Waals surface area (Å²) in [6, 6.07) is 18.3. The van der Waals surface area contributed by atoms with Crippen molar-refractivity contribution in [1.82, 2.24) is 14.9 Å². The van der Waals surface area contributed by atoms with Crippen molar-refractivity contribution in [3.8, 4) is 11.1 Å². The molecule has 5 rings (SSSR count). The maximum atomic E-state index is 14.0. The summed E-state index contributed by atoms with van der Waals surface area (Å²) in [7, 11) is 0. The van der Waals surface area contributed by atoms with Crippen molar-refractivity contribution in [1.29, 1.82) is 0 Å². The number of aromatic carboxylic acids is 1. The number of aromatic nitrogens is 2. The zero-order chi connectivity index (χ0) is 28.4. The van der Waals surface area contributed by atoms with Crippen LogP contribution < -0.4 is 5.32 Å². The van der Waals surface area contributed by atoms with E-state index in [9.17, 15) is 27.2 Å². The Morgan fingerprint density at radius 2 is 1.60 bits per heavy atom. The fraction of sp³-hybridized carbons (Fsp3) is 0.100. The van der Waals surface area contributed by atoms with Crippen LogP contribution in [0.2, 0.25) is 0 Å². The number of carboxylic acids is 1. The predicted molar refractivity (Wildman–Crippen MR) is 139 cm³/mol. The molecule has 0 saturated carbocycles. The highest BCUT2D eigenvalue weighted by molar-refractivity contribution is 6.02. The molecule has 6 nitrogen and oxygen atoms in total. The van der Waals surface area contributed by atoms with Gasteiger partial charge in [-0.3, -0.25) is 4.79 Å². The van der Waals surface area contributed by atoms with Crippen LogP contribution in [0.25, 0.3) is 16.6 Å². The number of benzene rings is 3. The Balaban J connectivity index is 1.50. The van der Waals surface area contributed by atoms with Crippen LogP contribution in [0.5, 0.6) is 0 Å². The van der Waals surface area contributed by atoms with Crippen LogP contribution >= 0.6 is 0 Å². The number of hydrogen-bond acceptors (Lipinski definition) is 3. The Morgan fingerprint density at radius 3 is 2.25 bits per heavy atom. The van der Waals surface area contributed by atoms with Crippen LogP contribution in [-0.2, 0) is 19.1 Å². The number of carboxylic acid groups (broad SMARTS) is 1. The summed E-state index contributed by atoms with van der Waals surface area (Å²) in [5.74, 6) is -1.97. The van der Waals surface area contributed by atoms with Gasteiger partial charge < -0.3 is 10.4 Å². The third kappa shape index (κ3) is 5.70. The van der Waals surface area contributed by atoms with Crippen molar-refractivity contribution in [2.45, 2.75) is 19.1 Å². The molecule has 2 aromatic heterocycles. The predicted octanol–water partition coefficient (Wildman–Crippen LogP) is 6.38. The second-order valence-corrected chi connectivity index (χ2v) is 9.17. The molecule has 0 fully saturated rings. The number of carbonyl (C=O) groups is 2. The molecule has 0 aliphatic heterocycles. The second kappa shape index (κ2) is 10.6. The minimum atomic E-state index is -4.45. The lowest BCUT2D eigenvalue weighted by atomic mass is 10.00. The van der Waals surface area contributed by atoms with E-state index in [1.54, 1.807) is 42.7 Å². The lowest BCUT2D eigenvalue weighted by Crippen LogP contribution is -2.24. The van der Waals surface area contributed by atoms with E-state index in [0.29, 0.717) is 33.3 Å². The number of rotatable bonds is 7. The standard InChI is InChI=1S/C30H21F4N3O3/c31-25-3-1-2-21(13-25)23-14-26(28(38)35-15-19-4-8-20(9-5-19)29(39)40)27-22(16-36-37(27)17-23)12-18-6-10-24(11-7-18)30(32,33)34/h1-11,13-14,16-17H,12,15H2,(H,35,38)(H,39,40). The summed E-state index contributed by atoms with van der Waals surface area (Å²) in [5.41, 5.74) is 3.01. The van der Waals surface area contributed by atoms with Gasteiger partial charge in [-0.05, 0) is 59.2 Å². The Bertz CT molecular complexity index is 1710. The zero-order valence-electron chi connectivity index (χ0n) is 20.7. The highest BCUT2D eigenvalue weighted by atomic mass is 19.4. The highest BCUT2D eigenvalue weighted by Crippen LogP contribution is 2.30. The van der Waals surface area contributed by atoms with E-state index in [0.717, 1.165) is 12.1 Å². The molecule has 1 amide bonds. The molecule has 0 spiro atoms. The van der Waals surface area contributed by atoms with Crippen molar-refractivity contribution in [3.63, 3.8) is 0 Å². The summed E-state index contributed by atoms with van der Waals surface area (Å²) in [6.07, 6.45) is -1.03. The summed E-state index contributed by atoms with van der Waals surface area (Å²) in [5, 5.41) is 16.3. The maximum absolute atomic E-state index is 14.0. The van der Waals surface area contributed by atoms with Gasteiger partial charge in [0, 0.05) is 30.3 Å². The minimum absolute atomic E-state index is 0.109. The van der Waals surface area contributed by atoms with Crippen LogP contribution in [0, 0.1) is 5.82 Å². The topological polar surface area (TPSA) is 83.7 Å². The van der Waals surface area contributed by atoms with Gasteiger partial charge in [0.25, 0.3) is 5.91 Å². The van der Waals surface area contributed by atoms with E-state index in [-0.39, 0.29) is 24.1 Å². The fourth-order valence-corrected chi connectivity index (χ4v) is 4.39. The molecule has 2 N–H and O–H groups in total. The fourth-order valence-electron chi connectivity index (χ4n) is 4.39. The van der Waals surface area contributed by atoms with Crippen molar-refractivity contribution >= 4 is 17.4 Å². The number of amides is 1. The van der Waals surface area contributed by atoms with Crippen molar-refractivity contribution in [3.05, 3.63) is 130 Å². The number of fused-ring (bicyclic) bond motifs is 1. The van der Waals surface area contributed by atoms with Gasteiger partial charge in [0.2, 0.25) is 0 Å². The first-order valence-electron chi connectivity index (χ1n) is 12.1. The Kier molecular flexibility index (Phi) is 7.08. The van der Waals surface area contributed by atoms with Gasteiger partial charge in [0.15, 0.2) is 0 Å². The van der Waals surface area contributed by atoms with Crippen LogP contribution in [-0.4, -0.2) is 26.6 Å².